The van der Waals surface area contributed by atoms with E-state index in [4.69, 9.17) is 9.84 Å². The fraction of sp³-hybridized carbons (Fsp3) is 0.462. The maximum atomic E-state index is 12.7. The van der Waals surface area contributed by atoms with Crippen molar-refractivity contribution in [2.24, 2.45) is 5.92 Å². The summed E-state index contributed by atoms with van der Waals surface area (Å²) >= 11 is 0. The number of methoxy groups -OCH3 is 1. The first-order valence-electron chi connectivity index (χ1n) is 5.53. The lowest BCUT2D eigenvalue weighted by Crippen LogP contribution is -2.22. The highest BCUT2D eigenvalue weighted by atomic mass is 19.1. The molecule has 94 valence electrons. The van der Waals surface area contributed by atoms with Crippen molar-refractivity contribution in [2.75, 3.05) is 7.11 Å². The van der Waals surface area contributed by atoms with Crippen LogP contribution in [-0.4, -0.2) is 24.3 Å². The van der Waals surface area contributed by atoms with E-state index in [9.17, 15) is 9.18 Å². The second-order valence-corrected chi connectivity index (χ2v) is 4.15. The third kappa shape index (κ3) is 4.53. The standard InChI is InChI=1S/C13H17FO3/c1-9(17-2)7-11(13(15)16)8-10-3-5-12(14)6-4-10/h3-6,9,11H,7-8H2,1-2H3,(H,15,16). The van der Waals surface area contributed by atoms with Crippen molar-refractivity contribution in [1.29, 1.82) is 0 Å². The van der Waals surface area contributed by atoms with Crippen molar-refractivity contribution in [3.63, 3.8) is 0 Å². The third-order valence-corrected chi connectivity index (χ3v) is 2.76. The second kappa shape index (κ2) is 6.35. The summed E-state index contributed by atoms with van der Waals surface area (Å²) in [7, 11) is 1.56. The van der Waals surface area contributed by atoms with Crippen LogP contribution in [0.15, 0.2) is 24.3 Å². The third-order valence-electron chi connectivity index (χ3n) is 2.76. The Morgan fingerprint density at radius 2 is 2.00 bits per heavy atom. The minimum Gasteiger partial charge on any atom is -0.481 e. The molecule has 0 aliphatic carbocycles. The number of hydrogen-bond acceptors (Lipinski definition) is 2. The van der Waals surface area contributed by atoms with E-state index in [-0.39, 0.29) is 11.9 Å². The quantitative estimate of drug-likeness (QED) is 0.831. The van der Waals surface area contributed by atoms with Gasteiger partial charge in [-0.15, -0.1) is 0 Å². The van der Waals surface area contributed by atoms with Gasteiger partial charge in [-0.1, -0.05) is 12.1 Å². The van der Waals surface area contributed by atoms with Crippen molar-refractivity contribution < 1.29 is 19.0 Å². The first-order valence-corrected chi connectivity index (χ1v) is 5.53. The summed E-state index contributed by atoms with van der Waals surface area (Å²) in [5, 5.41) is 9.10. The van der Waals surface area contributed by atoms with Crippen LogP contribution in [0.5, 0.6) is 0 Å². The highest BCUT2D eigenvalue weighted by molar-refractivity contribution is 5.70. The number of benzene rings is 1. The van der Waals surface area contributed by atoms with E-state index >= 15 is 0 Å². The van der Waals surface area contributed by atoms with Gasteiger partial charge in [-0.05, 0) is 37.5 Å². The molecule has 1 N–H and O–H groups in total. The van der Waals surface area contributed by atoms with Gasteiger partial charge in [0.25, 0.3) is 0 Å². The predicted molar refractivity (Wildman–Crippen MR) is 62.3 cm³/mol. The van der Waals surface area contributed by atoms with Crippen molar-refractivity contribution in [2.45, 2.75) is 25.9 Å². The van der Waals surface area contributed by atoms with Crippen molar-refractivity contribution >= 4 is 5.97 Å². The zero-order valence-corrected chi connectivity index (χ0v) is 10.0. The molecule has 0 heterocycles. The monoisotopic (exact) mass is 240 g/mol. The van der Waals surface area contributed by atoms with E-state index in [1.165, 1.54) is 12.1 Å². The Morgan fingerprint density at radius 1 is 1.41 bits per heavy atom. The van der Waals surface area contributed by atoms with Gasteiger partial charge in [0, 0.05) is 7.11 Å². The predicted octanol–water partition coefficient (Wildman–Crippen LogP) is 2.49. The highest BCUT2D eigenvalue weighted by Crippen LogP contribution is 2.16. The van der Waals surface area contributed by atoms with Crippen LogP contribution < -0.4 is 0 Å². The fourth-order valence-corrected chi connectivity index (χ4v) is 1.67. The number of carboxylic acid groups (broad SMARTS) is 1. The van der Waals surface area contributed by atoms with Crippen LogP contribution >= 0.6 is 0 Å². The molecule has 2 atom stereocenters. The van der Waals surface area contributed by atoms with Crippen LogP contribution in [0.4, 0.5) is 4.39 Å². The van der Waals surface area contributed by atoms with Gasteiger partial charge >= 0.3 is 5.97 Å². The Kier molecular flexibility index (Phi) is 5.10. The number of rotatable bonds is 6. The van der Waals surface area contributed by atoms with Crippen molar-refractivity contribution in [3.05, 3.63) is 35.6 Å². The van der Waals surface area contributed by atoms with Gasteiger partial charge in [0.2, 0.25) is 0 Å². The second-order valence-electron chi connectivity index (χ2n) is 4.15. The minimum atomic E-state index is -0.849. The molecule has 0 saturated carbocycles. The number of halogens is 1. The smallest absolute Gasteiger partial charge is 0.306 e. The van der Waals surface area contributed by atoms with Gasteiger partial charge < -0.3 is 9.84 Å². The van der Waals surface area contributed by atoms with Crippen LogP contribution in [0.2, 0.25) is 0 Å². The van der Waals surface area contributed by atoms with E-state index < -0.39 is 11.9 Å². The van der Waals surface area contributed by atoms with E-state index in [0.29, 0.717) is 12.8 Å². The first kappa shape index (κ1) is 13.6. The molecule has 2 unspecified atom stereocenters. The Balaban J connectivity index is 2.66. The summed E-state index contributed by atoms with van der Waals surface area (Å²) < 4.78 is 17.8. The normalized spacial score (nSPS) is 14.3. The Labute approximate surface area is 100 Å². The molecule has 17 heavy (non-hydrogen) atoms. The summed E-state index contributed by atoms with van der Waals surface area (Å²) in [4.78, 5) is 11.1. The van der Waals surface area contributed by atoms with Gasteiger partial charge in [0.15, 0.2) is 0 Å². The molecule has 0 bridgehead atoms. The summed E-state index contributed by atoms with van der Waals surface area (Å²) in [6.45, 7) is 1.83. The topological polar surface area (TPSA) is 46.5 Å². The molecule has 0 saturated heterocycles. The zero-order chi connectivity index (χ0) is 12.8. The lowest BCUT2D eigenvalue weighted by atomic mass is 9.94. The van der Waals surface area contributed by atoms with Crippen LogP contribution in [0, 0.1) is 11.7 Å². The van der Waals surface area contributed by atoms with Crippen molar-refractivity contribution in [3.8, 4) is 0 Å². The molecule has 4 heteroatoms. The molecular weight excluding hydrogens is 223 g/mol. The minimum absolute atomic E-state index is 0.100. The fourth-order valence-electron chi connectivity index (χ4n) is 1.67. The average molecular weight is 240 g/mol. The lowest BCUT2D eigenvalue weighted by Gasteiger charge is -2.16. The molecular formula is C13H17FO3. The largest absolute Gasteiger partial charge is 0.481 e. The van der Waals surface area contributed by atoms with E-state index in [0.717, 1.165) is 5.56 Å². The molecule has 0 radical (unpaired) electrons. The summed E-state index contributed by atoms with van der Waals surface area (Å²) in [5.74, 6) is -1.67. The number of ether oxygens (including phenoxy) is 1. The van der Waals surface area contributed by atoms with Gasteiger partial charge in [0.05, 0.1) is 12.0 Å². The lowest BCUT2D eigenvalue weighted by molar-refractivity contribution is -0.142. The van der Waals surface area contributed by atoms with Crippen LogP contribution in [-0.2, 0) is 16.0 Å². The number of carbonyl (C=O) groups is 1. The molecule has 0 aromatic heterocycles. The van der Waals surface area contributed by atoms with Crippen LogP contribution in [0.25, 0.3) is 0 Å². The maximum Gasteiger partial charge on any atom is 0.306 e. The van der Waals surface area contributed by atoms with Gasteiger partial charge in [0.1, 0.15) is 5.82 Å². The van der Waals surface area contributed by atoms with Gasteiger partial charge in [-0.25, -0.2) is 4.39 Å². The van der Waals surface area contributed by atoms with Crippen molar-refractivity contribution in [1.82, 2.24) is 0 Å². The number of aliphatic carboxylic acids is 1. The van der Waals surface area contributed by atoms with Gasteiger partial charge in [-0.3, -0.25) is 4.79 Å². The average Bonchev–Trinajstić information content (AvgIpc) is 2.30. The Morgan fingerprint density at radius 3 is 2.47 bits per heavy atom. The summed E-state index contributed by atoms with van der Waals surface area (Å²) in [5.41, 5.74) is 0.821. The first-order chi connectivity index (χ1) is 8.02. The molecule has 0 fully saturated rings. The Hall–Kier alpha value is -1.42. The maximum absolute atomic E-state index is 12.7. The number of carboxylic acids is 1. The zero-order valence-electron chi connectivity index (χ0n) is 10.0. The molecule has 3 nitrogen and oxygen atoms in total. The van der Waals surface area contributed by atoms with Gasteiger partial charge in [-0.2, -0.15) is 0 Å². The van der Waals surface area contributed by atoms with Crippen LogP contribution in [0.1, 0.15) is 18.9 Å². The molecule has 1 rings (SSSR count). The highest BCUT2D eigenvalue weighted by Gasteiger charge is 2.20. The Bertz CT molecular complexity index is 361. The number of hydrogen-bond donors (Lipinski definition) is 1. The molecule has 0 aliphatic rings. The van der Waals surface area contributed by atoms with E-state index in [1.54, 1.807) is 19.2 Å². The van der Waals surface area contributed by atoms with E-state index in [1.807, 2.05) is 6.92 Å². The molecule has 0 amide bonds. The molecule has 0 aliphatic heterocycles. The molecule has 0 spiro atoms. The van der Waals surface area contributed by atoms with Crippen LogP contribution in [0.3, 0.4) is 0 Å². The summed E-state index contributed by atoms with van der Waals surface area (Å²) in [6.07, 6.45) is 0.739. The summed E-state index contributed by atoms with van der Waals surface area (Å²) in [6, 6.07) is 5.91. The molecule has 1 aromatic rings. The van der Waals surface area contributed by atoms with E-state index in [2.05, 4.69) is 0 Å². The SMILES string of the molecule is COC(C)CC(Cc1ccc(F)cc1)C(=O)O. The molecule has 1 aromatic carbocycles.